The molecule has 2 aliphatic rings. The standard InChI is InChI=1S/C29H32O17/c1-10(31)41-9-17-20(36)23(39)27(46-28-24(40)22(38)19(35)16(8-30)43-28)29(44-17)45-26-21(37)18-14(34)6-13(33)7-15(18)42-25(26)11-2-4-12(32)5-3-11/h2-7,16-17,19-20,22-24,27-30,32-36,38-40H,8-9H2,1H3/t16-,17-,19-,20-,22+,23+,24-,27-,28+,29+/m1/s1. The highest BCUT2D eigenvalue weighted by Gasteiger charge is 2.52. The van der Waals surface area contributed by atoms with Crippen molar-refractivity contribution in [2.45, 2.75) is 68.3 Å². The van der Waals surface area contributed by atoms with Gasteiger partial charge in [0.2, 0.25) is 17.5 Å². The molecule has 250 valence electrons. The van der Waals surface area contributed by atoms with Crippen molar-refractivity contribution in [3.05, 3.63) is 46.6 Å². The minimum atomic E-state index is -1.97. The highest BCUT2D eigenvalue weighted by molar-refractivity contribution is 5.88. The normalized spacial score (nSPS) is 31.5. The molecular weight excluding hydrogens is 620 g/mol. The van der Waals surface area contributed by atoms with E-state index in [1.807, 2.05) is 0 Å². The van der Waals surface area contributed by atoms with Crippen LogP contribution in [-0.4, -0.2) is 127 Å². The van der Waals surface area contributed by atoms with Gasteiger partial charge in [0.1, 0.15) is 77.6 Å². The summed E-state index contributed by atoms with van der Waals surface area (Å²) in [5.74, 6) is -2.99. The third kappa shape index (κ3) is 6.45. The lowest BCUT2D eigenvalue weighted by Gasteiger charge is -2.45. The van der Waals surface area contributed by atoms with Crippen LogP contribution in [0.15, 0.2) is 45.6 Å². The zero-order chi connectivity index (χ0) is 33.4. The third-order valence-corrected chi connectivity index (χ3v) is 7.52. The lowest BCUT2D eigenvalue weighted by Crippen LogP contribution is -2.65. The molecule has 17 heteroatoms. The molecule has 0 saturated carbocycles. The Bertz CT molecular complexity index is 1600. The average molecular weight is 653 g/mol. The van der Waals surface area contributed by atoms with Gasteiger partial charge in [0.25, 0.3) is 0 Å². The summed E-state index contributed by atoms with van der Waals surface area (Å²) in [5.41, 5.74) is -1.12. The second-order valence-electron chi connectivity index (χ2n) is 10.7. The maximum atomic E-state index is 13.8. The van der Waals surface area contributed by atoms with E-state index in [4.69, 9.17) is 28.1 Å². The van der Waals surface area contributed by atoms with Crippen molar-refractivity contribution in [1.29, 1.82) is 0 Å². The van der Waals surface area contributed by atoms with Crippen LogP contribution in [0.2, 0.25) is 0 Å². The van der Waals surface area contributed by atoms with Crippen molar-refractivity contribution in [3.8, 4) is 34.3 Å². The number of aliphatic hydroxyl groups is 6. The molecule has 17 nitrogen and oxygen atoms in total. The number of carbonyl (C=O) groups is 1. The van der Waals surface area contributed by atoms with Crippen LogP contribution in [0.1, 0.15) is 6.92 Å². The maximum absolute atomic E-state index is 13.8. The van der Waals surface area contributed by atoms with Crippen LogP contribution in [0.3, 0.4) is 0 Å². The summed E-state index contributed by atoms with van der Waals surface area (Å²) in [6, 6.07) is 7.16. The smallest absolute Gasteiger partial charge is 0.302 e. The van der Waals surface area contributed by atoms with Crippen LogP contribution >= 0.6 is 0 Å². The summed E-state index contributed by atoms with van der Waals surface area (Å²) in [5, 5.41) is 92.3. The number of rotatable bonds is 8. The number of ether oxygens (including phenoxy) is 5. The molecule has 46 heavy (non-hydrogen) atoms. The van der Waals surface area contributed by atoms with Crippen molar-refractivity contribution in [3.63, 3.8) is 0 Å². The predicted molar refractivity (Wildman–Crippen MR) is 149 cm³/mol. The summed E-state index contributed by atoms with van der Waals surface area (Å²) >= 11 is 0. The van der Waals surface area contributed by atoms with Gasteiger partial charge in [-0.15, -0.1) is 0 Å². The molecule has 10 atom stereocenters. The molecule has 2 saturated heterocycles. The second-order valence-corrected chi connectivity index (χ2v) is 10.7. The molecule has 0 spiro atoms. The van der Waals surface area contributed by atoms with E-state index in [0.29, 0.717) is 0 Å². The van der Waals surface area contributed by atoms with Crippen molar-refractivity contribution < 1.29 is 78.9 Å². The molecule has 5 rings (SSSR count). The Morgan fingerprint density at radius 1 is 0.826 bits per heavy atom. The molecule has 1 aromatic heterocycles. The van der Waals surface area contributed by atoms with Crippen molar-refractivity contribution in [2.75, 3.05) is 13.2 Å². The Hall–Kier alpha value is -4.04. The molecule has 3 aromatic rings. The fourth-order valence-electron chi connectivity index (χ4n) is 5.11. The monoisotopic (exact) mass is 652 g/mol. The molecule has 0 amide bonds. The maximum Gasteiger partial charge on any atom is 0.302 e. The van der Waals surface area contributed by atoms with E-state index in [9.17, 15) is 55.5 Å². The van der Waals surface area contributed by atoms with Crippen molar-refractivity contribution >= 4 is 16.9 Å². The van der Waals surface area contributed by atoms with Gasteiger partial charge in [-0.1, -0.05) is 0 Å². The highest BCUT2D eigenvalue weighted by Crippen LogP contribution is 2.38. The van der Waals surface area contributed by atoms with E-state index in [2.05, 4.69) is 0 Å². The molecule has 2 aromatic carbocycles. The van der Waals surface area contributed by atoms with E-state index in [1.54, 1.807) is 0 Å². The van der Waals surface area contributed by atoms with Gasteiger partial charge in [-0.3, -0.25) is 9.59 Å². The predicted octanol–water partition coefficient (Wildman–Crippen LogP) is -1.85. The summed E-state index contributed by atoms with van der Waals surface area (Å²) in [4.78, 5) is 25.3. The highest BCUT2D eigenvalue weighted by atomic mass is 16.8. The first-order chi connectivity index (χ1) is 21.8. The molecular formula is C29H32O17. The van der Waals surface area contributed by atoms with Gasteiger partial charge in [-0.2, -0.15) is 0 Å². The van der Waals surface area contributed by atoms with Crippen LogP contribution in [0, 0.1) is 0 Å². The fraction of sp³-hybridized carbons (Fsp3) is 0.448. The van der Waals surface area contributed by atoms with Crippen LogP contribution in [0.5, 0.6) is 23.0 Å². The SMILES string of the molecule is CC(=O)OC[C@H]1O[C@@H](Oc2c(-c3ccc(O)cc3)oc3cc(O)cc(O)c3c2=O)[C@H](O[C@@H]2O[C@H](CO)[C@@H](O)[C@H](O)[C@H]2O)[C@@H](O)[C@@H]1O. The van der Waals surface area contributed by atoms with Crippen LogP contribution < -0.4 is 10.2 Å². The van der Waals surface area contributed by atoms with E-state index in [1.165, 1.54) is 24.3 Å². The van der Waals surface area contributed by atoms with Gasteiger partial charge in [0, 0.05) is 24.6 Å². The number of benzene rings is 2. The summed E-state index contributed by atoms with van der Waals surface area (Å²) in [6.45, 7) is -0.328. The Labute approximate surface area is 258 Å². The van der Waals surface area contributed by atoms with E-state index in [-0.39, 0.29) is 22.7 Å². The Morgan fingerprint density at radius 2 is 1.48 bits per heavy atom. The lowest BCUT2D eigenvalue weighted by atomic mass is 9.97. The van der Waals surface area contributed by atoms with Gasteiger partial charge in [0.15, 0.2) is 18.2 Å². The zero-order valence-corrected chi connectivity index (χ0v) is 23.9. The zero-order valence-electron chi connectivity index (χ0n) is 23.9. The van der Waals surface area contributed by atoms with E-state index < -0.39 is 109 Å². The number of aliphatic hydroxyl groups excluding tert-OH is 6. The number of phenols is 3. The number of carbonyl (C=O) groups excluding carboxylic acids is 1. The molecule has 3 heterocycles. The molecule has 0 aliphatic carbocycles. The van der Waals surface area contributed by atoms with Gasteiger partial charge >= 0.3 is 5.97 Å². The minimum absolute atomic E-state index is 0.140. The second kappa shape index (κ2) is 13.4. The van der Waals surface area contributed by atoms with E-state index >= 15 is 0 Å². The summed E-state index contributed by atoms with van der Waals surface area (Å²) in [7, 11) is 0. The number of hydrogen-bond donors (Lipinski definition) is 9. The summed E-state index contributed by atoms with van der Waals surface area (Å²) in [6.07, 6.45) is -17.9. The van der Waals surface area contributed by atoms with E-state index in [0.717, 1.165) is 19.1 Å². The molecule has 9 N–H and O–H groups in total. The third-order valence-electron chi connectivity index (χ3n) is 7.52. The minimum Gasteiger partial charge on any atom is -0.508 e. The molecule has 0 unspecified atom stereocenters. The Kier molecular flexibility index (Phi) is 9.68. The molecule has 2 fully saturated rings. The lowest BCUT2D eigenvalue weighted by molar-refractivity contribution is -0.358. The molecule has 2 aliphatic heterocycles. The van der Waals surface area contributed by atoms with Crippen LogP contribution in [-0.2, 0) is 23.7 Å². The van der Waals surface area contributed by atoms with Crippen molar-refractivity contribution in [2.24, 2.45) is 0 Å². The van der Waals surface area contributed by atoms with Gasteiger partial charge in [-0.05, 0) is 24.3 Å². The topological polar surface area (TPSA) is 275 Å². The van der Waals surface area contributed by atoms with Crippen LogP contribution in [0.25, 0.3) is 22.3 Å². The first kappa shape index (κ1) is 33.3. The number of esters is 1. The van der Waals surface area contributed by atoms with Gasteiger partial charge < -0.3 is 74.1 Å². The number of aromatic hydroxyl groups is 3. The first-order valence-corrected chi connectivity index (χ1v) is 13.9. The quantitative estimate of drug-likeness (QED) is 0.121. The van der Waals surface area contributed by atoms with Crippen molar-refractivity contribution in [1.82, 2.24) is 0 Å². The first-order valence-electron chi connectivity index (χ1n) is 13.9. The molecule has 0 bridgehead atoms. The average Bonchev–Trinajstić information content (AvgIpc) is 3.01. The Balaban J connectivity index is 1.60. The molecule has 0 radical (unpaired) electrons. The largest absolute Gasteiger partial charge is 0.508 e. The number of fused-ring (bicyclic) bond motifs is 1. The number of hydrogen-bond acceptors (Lipinski definition) is 17. The van der Waals surface area contributed by atoms with Gasteiger partial charge in [0.05, 0.1) is 6.61 Å². The number of phenolic OH excluding ortho intramolecular Hbond substituents is 3. The Morgan fingerprint density at radius 3 is 2.13 bits per heavy atom. The summed E-state index contributed by atoms with van der Waals surface area (Å²) < 4.78 is 33.6. The fourth-order valence-corrected chi connectivity index (χ4v) is 5.11. The van der Waals surface area contributed by atoms with Gasteiger partial charge in [-0.25, -0.2) is 0 Å². The van der Waals surface area contributed by atoms with Crippen LogP contribution in [0.4, 0.5) is 0 Å².